The monoisotopic (exact) mass is 346 g/mol. The number of carbonyl (C=O) groups excluding carboxylic acids is 1. The van der Waals surface area contributed by atoms with Crippen LogP contribution in [0.15, 0.2) is 54.6 Å². The molecule has 0 aliphatic rings. The van der Waals surface area contributed by atoms with Gasteiger partial charge in [-0.1, -0.05) is 42.5 Å². The van der Waals surface area contributed by atoms with Crippen molar-refractivity contribution < 1.29 is 28.6 Å². The van der Waals surface area contributed by atoms with Crippen molar-refractivity contribution in [2.24, 2.45) is 0 Å². The van der Waals surface area contributed by atoms with Crippen LogP contribution in [0.5, 0.6) is 0 Å². The summed E-state index contributed by atoms with van der Waals surface area (Å²) in [6.07, 6.45) is 0. The van der Waals surface area contributed by atoms with Gasteiger partial charge in [-0.2, -0.15) is 0 Å². The maximum absolute atomic E-state index is 13.2. The first-order valence-electron chi connectivity index (χ1n) is 7.79. The summed E-state index contributed by atoms with van der Waals surface area (Å²) in [6, 6.07) is 13.9. The first-order valence-corrected chi connectivity index (χ1v) is 7.79. The summed E-state index contributed by atoms with van der Waals surface area (Å²) >= 11 is 0. The van der Waals surface area contributed by atoms with Crippen molar-refractivity contribution in [3.63, 3.8) is 0 Å². The molecule has 0 saturated heterocycles. The molecule has 0 radical (unpaired) electrons. The number of halogens is 1. The van der Waals surface area contributed by atoms with Crippen molar-refractivity contribution >= 4 is 11.9 Å². The number of hydrogen-bond acceptors (Lipinski definition) is 4. The Kier molecular flexibility index (Phi) is 6.25. The molecule has 0 aliphatic carbocycles. The van der Waals surface area contributed by atoms with Crippen LogP contribution in [-0.4, -0.2) is 30.3 Å². The number of carboxylic acid groups (broad SMARTS) is 1. The molecule has 2 aromatic rings. The Balaban J connectivity index is 2.31. The minimum Gasteiger partial charge on any atom is -0.480 e. The van der Waals surface area contributed by atoms with Crippen molar-refractivity contribution in [2.45, 2.75) is 18.9 Å². The molecule has 0 aliphatic heterocycles. The number of benzene rings is 2. The number of carbonyl (C=O) groups is 2. The summed E-state index contributed by atoms with van der Waals surface area (Å²) in [7, 11) is 0. The average Bonchev–Trinajstić information content (AvgIpc) is 2.60. The quantitative estimate of drug-likeness (QED) is 0.588. The van der Waals surface area contributed by atoms with Gasteiger partial charge < -0.3 is 14.6 Å². The van der Waals surface area contributed by atoms with Crippen molar-refractivity contribution in [1.82, 2.24) is 0 Å². The minimum absolute atomic E-state index is 0.0216. The molecule has 2 rings (SSSR count). The van der Waals surface area contributed by atoms with Crippen LogP contribution in [-0.2, 0) is 31.1 Å². The standard InChI is InChI=1S/C19H19FO5/c1-2-25-18(23)19(17(21)22,15-8-10-16(20)11-9-15)13-24-12-14-6-4-3-5-7-14/h3-11H,2,12-13H2,1H3,(H,21,22). The predicted molar refractivity (Wildman–Crippen MR) is 88.4 cm³/mol. The maximum atomic E-state index is 13.2. The molecule has 2 aromatic carbocycles. The van der Waals surface area contributed by atoms with E-state index in [9.17, 15) is 19.1 Å². The Hall–Kier alpha value is -2.73. The molecule has 1 unspecified atom stereocenters. The lowest BCUT2D eigenvalue weighted by Crippen LogP contribution is -2.49. The molecule has 5 nitrogen and oxygen atoms in total. The van der Waals surface area contributed by atoms with Crippen molar-refractivity contribution in [3.8, 4) is 0 Å². The van der Waals surface area contributed by atoms with E-state index >= 15 is 0 Å². The molecule has 0 heterocycles. The van der Waals surface area contributed by atoms with Gasteiger partial charge in [-0.3, -0.25) is 9.59 Å². The van der Waals surface area contributed by atoms with Gasteiger partial charge in [-0.05, 0) is 30.2 Å². The number of carboxylic acids is 1. The smallest absolute Gasteiger partial charge is 0.330 e. The number of aliphatic carboxylic acids is 1. The largest absolute Gasteiger partial charge is 0.480 e. The van der Waals surface area contributed by atoms with Gasteiger partial charge in [0.15, 0.2) is 0 Å². The highest BCUT2D eigenvalue weighted by Gasteiger charge is 2.50. The molecule has 132 valence electrons. The fourth-order valence-electron chi connectivity index (χ4n) is 2.42. The highest BCUT2D eigenvalue weighted by molar-refractivity contribution is 6.05. The number of ether oxygens (including phenoxy) is 2. The summed E-state index contributed by atoms with van der Waals surface area (Å²) < 4.78 is 23.7. The molecule has 0 fully saturated rings. The molecule has 1 atom stereocenters. The van der Waals surface area contributed by atoms with Crippen LogP contribution in [0.3, 0.4) is 0 Å². The average molecular weight is 346 g/mol. The third kappa shape index (κ3) is 4.22. The third-order valence-electron chi connectivity index (χ3n) is 3.76. The topological polar surface area (TPSA) is 72.8 Å². The minimum atomic E-state index is -2.06. The second-order valence-electron chi connectivity index (χ2n) is 5.42. The molecule has 0 spiro atoms. The fourth-order valence-corrected chi connectivity index (χ4v) is 2.42. The highest BCUT2D eigenvalue weighted by Crippen LogP contribution is 2.28. The molecule has 1 N–H and O–H groups in total. The Morgan fingerprint density at radius 3 is 2.28 bits per heavy atom. The molecular formula is C19H19FO5. The number of esters is 1. The van der Waals surface area contributed by atoms with E-state index in [-0.39, 0.29) is 18.8 Å². The van der Waals surface area contributed by atoms with Gasteiger partial charge in [-0.25, -0.2) is 4.39 Å². The van der Waals surface area contributed by atoms with Gasteiger partial charge in [0.05, 0.1) is 19.8 Å². The van der Waals surface area contributed by atoms with E-state index in [1.165, 1.54) is 12.1 Å². The molecule has 6 heteroatoms. The molecule has 0 saturated carbocycles. The molecule has 0 aromatic heterocycles. The lowest BCUT2D eigenvalue weighted by molar-refractivity contribution is -0.165. The first kappa shape index (κ1) is 18.6. The van der Waals surface area contributed by atoms with E-state index < -0.39 is 29.8 Å². The van der Waals surface area contributed by atoms with E-state index in [2.05, 4.69) is 0 Å². The molecular weight excluding hydrogens is 327 g/mol. The Bertz CT molecular complexity index is 714. The molecule has 0 amide bonds. The summed E-state index contributed by atoms with van der Waals surface area (Å²) in [5.74, 6) is -2.88. The second-order valence-corrected chi connectivity index (χ2v) is 5.42. The van der Waals surface area contributed by atoms with E-state index in [4.69, 9.17) is 9.47 Å². The van der Waals surface area contributed by atoms with Gasteiger partial charge in [-0.15, -0.1) is 0 Å². The van der Waals surface area contributed by atoms with Crippen LogP contribution in [0.4, 0.5) is 4.39 Å². The van der Waals surface area contributed by atoms with Crippen LogP contribution in [0.1, 0.15) is 18.1 Å². The Morgan fingerprint density at radius 1 is 1.08 bits per heavy atom. The third-order valence-corrected chi connectivity index (χ3v) is 3.76. The highest BCUT2D eigenvalue weighted by atomic mass is 19.1. The first-order chi connectivity index (χ1) is 12.0. The van der Waals surface area contributed by atoms with Gasteiger partial charge in [0.1, 0.15) is 5.82 Å². The summed E-state index contributed by atoms with van der Waals surface area (Å²) in [6.45, 7) is 1.31. The second kappa shape index (κ2) is 8.39. The fraction of sp³-hybridized carbons (Fsp3) is 0.263. The van der Waals surface area contributed by atoms with Crippen molar-refractivity contribution in [1.29, 1.82) is 0 Å². The van der Waals surface area contributed by atoms with Crippen molar-refractivity contribution in [3.05, 3.63) is 71.5 Å². The van der Waals surface area contributed by atoms with E-state index in [1.54, 1.807) is 6.92 Å². The summed E-state index contributed by atoms with van der Waals surface area (Å²) in [5.41, 5.74) is -1.11. The van der Waals surface area contributed by atoms with Gasteiger partial charge in [0.2, 0.25) is 5.41 Å². The zero-order valence-electron chi connectivity index (χ0n) is 13.8. The molecule has 0 bridgehead atoms. The SMILES string of the molecule is CCOC(=O)C(COCc1ccccc1)(C(=O)O)c1ccc(F)cc1. The van der Waals surface area contributed by atoms with Gasteiger partial charge in [0, 0.05) is 0 Å². The van der Waals surface area contributed by atoms with Crippen LogP contribution in [0, 0.1) is 5.82 Å². The van der Waals surface area contributed by atoms with Gasteiger partial charge >= 0.3 is 11.9 Å². The van der Waals surface area contributed by atoms with E-state index in [0.717, 1.165) is 17.7 Å². The van der Waals surface area contributed by atoms with Crippen LogP contribution in [0.2, 0.25) is 0 Å². The Labute approximate surface area is 145 Å². The van der Waals surface area contributed by atoms with E-state index in [0.29, 0.717) is 0 Å². The lowest BCUT2D eigenvalue weighted by atomic mass is 9.81. The van der Waals surface area contributed by atoms with Crippen molar-refractivity contribution in [2.75, 3.05) is 13.2 Å². The van der Waals surface area contributed by atoms with Crippen LogP contribution >= 0.6 is 0 Å². The predicted octanol–water partition coefficient (Wildman–Crippen LogP) is 2.93. The Morgan fingerprint density at radius 2 is 1.72 bits per heavy atom. The van der Waals surface area contributed by atoms with Crippen LogP contribution < -0.4 is 0 Å². The lowest BCUT2D eigenvalue weighted by Gasteiger charge is -2.27. The zero-order chi connectivity index (χ0) is 18.3. The van der Waals surface area contributed by atoms with E-state index in [1.807, 2.05) is 30.3 Å². The normalized spacial score (nSPS) is 13.0. The van der Waals surface area contributed by atoms with Crippen LogP contribution in [0.25, 0.3) is 0 Å². The maximum Gasteiger partial charge on any atom is 0.330 e. The number of rotatable bonds is 8. The summed E-state index contributed by atoms with van der Waals surface area (Å²) in [5, 5.41) is 9.77. The summed E-state index contributed by atoms with van der Waals surface area (Å²) in [4.78, 5) is 24.4. The molecule has 25 heavy (non-hydrogen) atoms. The number of hydrogen-bond donors (Lipinski definition) is 1. The van der Waals surface area contributed by atoms with Gasteiger partial charge in [0.25, 0.3) is 0 Å². The zero-order valence-corrected chi connectivity index (χ0v) is 13.8.